The van der Waals surface area contributed by atoms with Crippen molar-refractivity contribution in [3.63, 3.8) is 0 Å². The number of anilines is 2. The number of morpholine rings is 1. The fourth-order valence-electron chi connectivity index (χ4n) is 4.07. The molecule has 1 fully saturated rings. The Balaban J connectivity index is 1.60. The van der Waals surface area contributed by atoms with E-state index in [-0.39, 0.29) is 22.8 Å². The van der Waals surface area contributed by atoms with Gasteiger partial charge in [0, 0.05) is 19.5 Å². The Morgan fingerprint density at radius 1 is 1.18 bits per heavy atom. The topological polar surface area (TPSA) is 75.7 Å². The number of hydrogen-bond donors (Lipinski definition) is 1. The molecule has 1 aliphatic heterocycles. The predicted molar refractivity (Wildman–Crippen MR) is 134 cm³/mol. The number of Topliss-reactive ketones (excluding diaryl/α,β-unsaturated/α-hetero) is 1. The Bertz CT molecular complexity index is 1320. The van der Waals surface area contributed by atoms with Gasteiger partial charge in [-0.3, -0.25) is 9.52 Å². The molecule has 0 bridgehead atoms. The molecule has 10 heteroatoms. The highest BCUT2D eigenvalue weighted by Gasteiger charge is 2.24. The van der Waals surface area contributed by atoms with Gasteiger partial charge in [0.25, 0.3) is 10.0 Å². The van der Waals surface area contributed by atoms with E-state index in [1.165, 1.54) is 23.5 Å². The van der Waals surface area contributed by atoms with Crippen LogP contribution in [0.5, 0.6) is 0 Å². The van der Waals surface area contributed by atoms with Crippen molar-refractivity contribution in [2.24, 2.45) is 0 Å². The standard InChI is InChI=1S/C24H24ClFN2O4S2/c1-15-13-20(25)23(28-8-10-32-11-9-28)16(2)19(15)14-22(29)24-21(7-12-33-24)27-34(30,31)18-5-3-17(26)4-6-18/h3-7,12-13,27H,8-11,14H2,1-2H3. The third-order valence-electron chi connectivity index (χ3n) is 5.80. The van der Waals surface area contributed by atoms with E-state index in [0.29, 0.717) is 23.1 Å². The van der Waals surface area contributed by atoms with Crippen molar-refractivity contribution in [2.75, 3.05) is 35.9 Å². The van der Waals surface area contributed by atoms with E-state index in [1.807, 2.05) is 19.9 Å². The molecule has 0 amide bonds. The molecule has 0 spiro atoms. The summed E-state index contributed by atoms with van der Waals surface area (Å²) in [5.74, 6) is -0.733. The number of nitrogens with zero attached hydrogens (tertiary/aromatic N) is 1. The lowest BCUT2D eigenvalue weighted by molar-refractivity contribution is 0.0997. The summed E-state index contributed by atoms with van der Waals surface area (Å²) in [6.45, 7) is 6.54. The Labute approximate surface area is 207 Å². The van der Waals surface area contributed by atoms with Crippen molar-refractivity contribution in [3.8, 4) is 0 Å². The van der Waals surface area contributed by atoms with Crippen molar-refractivity contribution < 1.29 is 22.3 Å². The summed E-state index contributed by atoms with van der Waals surface area (Å²) in [5, 5.41) is 2.30. The lowest BCUT2D eigenvalue weighted by atomic mass is 9.95. The van der Waals surface area contributed by atoms with Crippen LogP contribution in [0, 0.1) is 19.7 Å². The van der Waals surface area contributed by atoms with Gasteiger partial charge in [-0.05, 0) is 72.3 Å². The molecular weight excluding hydrogens is 499 g/mol. The Morgan fingerprint density at radius 2 is 1.85 bits per heavy atom. The maximum Gasteiger partial charge on any atom is 0.261 e. The van der Waals surface area contributed by atoms with Gasteiger partial charge in [0.1, 0.15) is 5.82 Å². The van der Waals surface area contributed by atoms with Gasteiger partial charge in [-0.15, -0.1) is 11.3 Å². The smallest absolute Gasteiger partial charge is 0.261 e. The molecule has 1 aromatic heterocycles. The van der Waals surface area contributed by atoms with Gasteiger partial charge in [-0.2, -0.15) is 0 Å². The van der Waals surface area contributed by atoms with E-state index in [2.05, 4.69) is 9.62 Å². The summed E-state index contributed by atoms with van der Waals surface area (Å²) in [5.41, 5.74) is 3.82. The maximum absolute atomic E-state index is 13.3. The number of hydrogen-bond acceptors (Lipinski definition) is 6. The second-order valence-corrected chi connectivity index (χ2v) is 11.1. The van der Waals surface area contributed by atoms with E-state index >= 15 is 0 Å². The minimum atomic E-state index is -3.97. The van der Waals surface area contributed by atoms with Crippen molar-refractivity contribution in [3.05, 3.63) is 74.2 Å². The van der Waals surface area contributed by atoms with Crippen LogP contribution < -0.4 is 9.62 Å². The molecule has 1 aliphatic rings. The number of carbonyl (C=O) groups excluding carboxylic acids is 1. The first-order chi connectivity index (χ1) is 16.2. The van der Waals surface area contributed by atoms with Gasteiger partial charge in [-0.25, -0.2) is 12.8 Å². The minimum absolute atomic E-state index is 0.0851. The van der Waals surface area contributed by atoms with E-state index in [9.17, 15) is 17.6 Å². The highest BCUT2D eigenvalue weighted by Crippen LogP contribution is 2.36. The second-order valence-electron chi connectivity index (χ2n) is 8.05. The number of carbonyl (C=O) groups is 1. The molecule has 2 aromatic carbocycles. The van der Waals surface area contributed by atoms with Gasteiger partial charge in [0.15, 0.2) is 5.78 Å². The van der Waals surface area contributed by atoms with Crippen molar-refractivity contribution in [2.45, 2.75) is 25.2 Å². The third kappa shape index (κ3) is 5.12. The van der Waals surface area contributed by atoms with Gasteiger partial charge in [0.2, 0.25) is 0 Å². The highest BCUT2D eigenvalue weighted by molar-refractivity contribution is 7.92. The first kappa shape index (κ1) is 24.7. The molecule has 34 heavy (non-hydrogen) atoms. The molecule has 0 aliphatic carbocycles. The summed E-state index contributed by atoms with van der Waals surface area (Å²) in [4.78, 5) is 15.7. The normalized spacial score (nSPS) is 14.3. The number of nitrogens with one attached hydrogen (secondary N) is 1. The van der Waals surface area contributed by atoms with Gasteiger partial charge >= 0.3 is 0 Å². The predicted octanol–water partition coefficient (Wildman–Crippen LogP) is 5.22. The molecule has 0 unspecified atom stereocenters. The van der Waals surface area contributed by atoms with Crippen LogP contribution in [0.2, 0.25) is 5.02 Å². The first-order valence-electron chi connectivity index (χ1n) is 10.7. The van der Waals surface area contributed by atoms with Crippen LogP contribution >= 0.6 is 22.9 Å². The van der Waals surface area contributed by atoms with Crippen LogP contribution in [0.25, 0.3) is 0 Å². The van der Waals surface area contributed by atoms with Crippen LogP contribution in [0.15, 0.2) is 46.7 Å². The average Bonchev–Trinajstić information content (AvgIpc) is 3.25. The summed E-state index contributed by atoms with van der Waals surface area (Å²) >= 11 is 7.75. The largest absolute Gasteiger partial charge is 0.378 e. The molecule has 0 radical (unpaired) electrons. The lowest BCUT2D eigenvalue weighted by Gasteiger charge is -2.32. The monoisotopic (exact) mass is 522 g/mol. The molecule has 2 heterocycles. The van der Waals surface area contributed by atoms with Crippen LogP contribution in [-0.4, -0.2) is 40.5 Å². The third-order valence-corrected chi connectivity index (χ3v) is 8.43. The van der Waals surface area contributed by atoms with Crippen molar-refractivity contribution >= 4 is 50.1 Å². The molecule has 180 valence electrons. The Hall–Kier alpha value is -2.46. The van der Waals surface area contributed by atoms with Crippen LogP contribution in [0.4, 0.5) is 15.8 Å². The number of rotatable bonds is 7. The molecule has 0 saturated carbocycles. The van der Waals surface area contributed by atoms with E-state index in [0.717, 1.165) is 47.6 Å². The molecule has 1 N–H and O–H groups in total. The Morgan fingerprint density at radius 3 is 2.53 bits per heavy atom. The lowest BCUT2D eigenvalue weighted by Crippen LogP contribution is -2.37. The van der Waals surface area contributed by atoms with Crippen LogP contribution in [-0.2, 0) is 21.2 Å². The van der Waals surface area contributed by atoms with E-state index in [4.69, 9.17) is 16.3 Å². The second kappa shape index (κ2) is 10.0. The van der Waals surface area contributed by atoms with Gasteiger partial charge in [0.05, 0.1) is 39.4 Å². The SMILES string of the molecule is Cc1cc(Cl)c(N2CCOCC2)c(C)c1CC(=O)c1sccc1NS(=O)(=O)c1ccc(F)cc1. The van der Waals surface area contributed by atoms with E-state index in [1.54, 1.807) is 11.4 Å². The summed E-state index contributed by atoms with van der Waals surface area (Å²) in [6.07, 6.45) is 0.109. The zero-order chi connectivity index (χ0) is 24.5. The number of ether oxygens (including phenoxy) is 1. The maximum atomic E-state index is 13.3. The van der Waals surface area contributed by atoms with E-state index < -0.39 is 15.8 Å². The summed E-state index contributed by atoms with van der Waals surface area (Å²) in [6, 6.07) is 7.94. The minimum Gasteiger partial charge on any atom is -0.378 e. The zero-order valence-electron chi connectivity index (χ0n) is 18.7. The van der Waals surface area contributed by atoms with Crippen LogP contribution in [0.1, 0.15) is 26.4 Å². The number of ketones is 1. The Kier molecular flexibility index (Phi) is 7.28. The summed E-state index contributed by atoms with van der Waals surface area (Å²) in [7, 11) is -3.97. The molecule has 4 rings (SSSR count). The number of benzene rings is 2. The molecule has 1 saturated heterocycles. The first-order valence-corrected chi connectivity index (χ1v) is 13.4. The number of thiophene rings is 1. The molecule has 3 aromatic rings. The summed E-state index contributed by atoms with van der Waals surface area (Å²) < 4.78 is 46.6. The molecule has 0 atom stereocenters. The quantitative estimate of drug-likeness (QED) is 0.430. The average molecular weight is 523 g/mol. The highest BCUT2D eigenvalue weighted by atomic mass is 35.5. The molecule has 6 nitrogen and oxygen atoms in total. The number of aryl methyl sites for hydroxylation is 1. The van der Waals surface area contributed by atoms with Crippen molar-refractivity contribution in [1.29, 1.82) is 0 Å². The fraction of sp³-hybridized carbons (Fsp3) is 0.292. The molecular formula is C24H24ClFN2O4S2. The number of halogens is 2. The van der Waals surface area contributed by atoms with Crippen molar-refractivity contribution in [1.82, 2.24) is 0 Å². The van der Waals surface area contributed by atoms with Gasteiger partial charge in [-0.1, -0.05) is 11.6 Å². The van der Waals surface area contributed by atoms with Crippen LogP contribution in [0.3, 0.4) is 0 Å². The van der Waals surface area contributed by atoms with Gasteiger partial charge < -0.3 is 9.64 Å². The number of sulfonamides is 1. The fourth-order valence-corrected chi connectivity index (χ4v) is 6.43. The zero-order valence-corrected chi connectivity index (χ0v) is 21.1.